The molecule has 4 aromatic rings. The Balaban J connectivity index is 1.37. The topological polar surface area (TPSA) is 34.2 Å². The van der Waals surface area contributed by atoms with Crippen LogP contribution in [0.25, 0.3) is 16.8 Å². The lowest BCUT2D eigenvalue weighted by atomic mass is 9.82. The number of fused-ring (bicyclic) bond motifs is 3. The Hall–Kier alpha value is -3.87. The van der Waals surface area contributed by atoms with Gasteiger partial charge < -0.3 is 24.0 Å². The van der Waals surface area contributed by atoms with Gasteiger partial charge in [0.15, 0.2) is 5.60 Å². The Kier molecular flexibility index (Phi) is 6.45. The number of nitrogens with zero attached hydrogens (tertiary/aromatic N) is 2. The van der Waals surface area contributed by atoms with Gasteiger partial charge in [-0.2, -0.15) is 0 Å². The van der Waals surface area contributed by atoms with Gasteiger partial charge in [-0.05, 0) is 48.2 Å². The van der Waals surface area contributed by atoms with Crippen molar-refractivity contribution in [2.45, 2.75) is 12.5 Å². The van der Waals surface area contributed by atoms with E-state index in [-0.39, 0.29) is 5.82 Å². The van der Waals surface area contributed by atoms with Gasteiger partial charge in [0.25, 0.3) is 0 Å². The summed E-state index contributed by atoms with van der Waals surface area (Å²) in [7, 11) is 0. The van der Waals surface area contributed by atoms with Crippen LogP contribution in [0.4, 0.5) is 15.8 Å². The molecule has 0 amide bonds. The highest BCUT2D eigenvalue weighted by molar-refractivity contribution is 6.02. The van der Waals surface area contributed by atoms with Crippen LogP contribution in [-0.2, 0) is 15.1 Å². The second-order valence-electron chi connectivity index (χ2n) is 10.7. The Morgan fingerprint density at radius 3 is 2.08 bits per heavy atom. The van der Waals surface area contributed by atoms with Crippen molar-refractivity contribution in [2.75, 3.05) is 62.4 Å². The molecule has 0 aliphatic carbocycles. The van der Waals surface area contributed by atoms with Gasteiger partial charge in [0, 0.05) is 65.7 Å². The third-order valence-electron chi connectivity index (χ3n) is 8.41. The van der Waals surface area contributed by atoms with E-state index in [4.69, 9.17) is 14.2 Å². The lowest BCUT2D eigenvalue weighted by molar-refractivity contribution is 0.122. The standard InChI is InChI=1S/C34H33FN2O3/c1-24-6-7-26(22-31(24)35)34(25-8-10-27(11-9-25)36-14-18-38-19-15-36)13-12-30-28-4-2-3-5-29(28)32(23-33(30)40-34)37-16-20-39-21-17-37/h2-13,22-23H,14-21H2,1H3. The lowest BCUT2D eigenvalue weighted by Gasteiger charge is -2.38. The minimum Gasteiger partial charge on any atom is -0.473 e. The van der Waals surface area contributed by atoms with Gasteiger partial charge in [-0.1, -0.05) is 48.5 Å². The van der Waals surface area contributed by atoms with Crippen molar-refractivity contribution in [1.82, 2.24) is 0 Å². The Labute approximate surface area is 234 Å². The molecule has 6 heteroatoms. The maximum Gasteiger partial charge on any atom is 0.178 e. The van der Waals surface area contributed by atoms with Crippen molar-refractivity contribution >= 4 is 28.2 Å². The van der Waals surface area contributed by atoms with E-state index in [1.54, 1.807) is 13.0 Å². The third-order valence-corrected chi connectivity index (χ3v) is 8.41. The second kappa shape index (κ2) is 10.3. The molecule has 0 bridgehead atoms. The van der Waals surface area contributed by atoms with Gasteiger partial charge in [0.1, 0.15) is 11.6 Å². The molecule has 0 N–H and O–H groups in total. The summed E-state index contributed by atoms with van der Waals surface area (Å²) in [4.78, 5) is 4.71. The number of ether oxygens (including phenoxy) is 3. The normalized spacial score (nSPS) is 20.9. The summed E-state index contributed by atoms with van der Waals surface area (Å²) in [6, 6.07) is 24.6. The van der Waals surface area contributed by atoms with Crippen LogP contribution in [0.5, 0.6) is 5.75 Å². The number of anilines is 2. The molecule has 3 aliphatic rings. The highest BCUT2D eigenvalue weighted by Gasteiger charge is 2.38. The summed E-state index contributed by atoms with van der Waals surface area (Å²) < 4.78 is 33.3. The molecular formula is C34H33FN2O3. The number of rotatable bonds is 4. The van der Waals surface area contributed by atoms with E-state index in [9.17, 15) is 0 Å². The van der Waals surface area contributed by atoms with E-state index in [1.165, 1.54) is 5.39 Å². The summed E-state index contributed by atoms with van der Waals surface area (Å²) in [5.74, 6) is 0.554. The number of halogens is 1. The average Bonchev–Trinajstić information content (AvgIpc) is 3.02. The van der Waals surface area contributed by atoms with Crippen LogP contribution in [0.2, 0.25) is 0 Å². The van der Waals surface area contributed by atoms with Gasteiger partial charge in [-0.15, -0.1) is 0 Å². The van der Waals surface area contributed by atoms with Crippen molar-refractivity contribution in [3.8, 4) is 5.75 Å². The molecule has 3 aliphatic heterocycles. The van der Waals surface area contributed by atoms with Crippen LogP contribution in [0, 0.1) is 12.7 Å². The molecule has 5 nitrogen and oxygen atoms in total. The summed E-state index contributed by atoms with van der Waals surface area (Å²) in [6.07, 6.45) is 4.24. The minimum absolute atomic E-state index is 0.239. The quantitative estimate of drug-likeness (QED) is 0.305. The van der Waals surface area contributed by atoms with E-state index in [0.717, 1.165) is 78.6 Å². The van der Waals surface area contributed by atoms with Crippen molar-refractivity contribution in [3.05, 3.63) is 107 Å². The number of aryl methyl sites for hydroxylation is 1. The smallest absolute Gasteiger partial charge is 0.178 e. The Bertz CT molecular complexity index is 1570. The van der Waals surface area contributed by atoms with Crippen molar-refractivity contribution in [2.24, 2.45) is 0 Å². The highest BCUT2D eigenvalue weighted by Crippen LogP contribution is 2.47. The molecule has 0 spiro atoms. The summed E-state index contributed by atoms with van der Waals surface area (Å²) in [5.41, 5.74) is 4.68. The largest absolute Gasteiger partial charge is 0.473 e. The molecule has 0 saturated carbocycles. The summed E-state index contributed by atoms with van der Waals surface area (Å²) in [6.45, 7) is 8.06. The van der Waals surface area contributed by atoms with Crippen LogP contribution < -0.4 is 14.5 Å². The third kappa shape index (κ3) is 4.32. The first-order chi connectivity index (χ1) is 19.6. The van der Waals surface area contributed by atoms with E-state index in [1.807, 2.05) is 12.1 Å². The van der Waals surface area contributed by atoms with Gasteiger partial charge in [0.05, 0.1) is 26.4 Å². The summed E-state index contributed by atoms with van der Waals surface area (Å²) >= 11 is 0. The zero-order valence-electron chi connectivity index (χ0n) is 22.7. The molecular weight excluding hydrogens is 503 g/mol. The summed E-state index contributed by atoms with van der Waals surface area (Å²) in [5, 5.41) is 2.34. The molecule has 0 aromatic heterocycles. The zero-order chi connectivity index (χ0) is 27.1. The monoisotopic (exact) mass is 536 g/mol. The van der Waals surface area contributed by atoms with Crippen LogP contribution in [0.3, 0.4) is 0 Å². The van der Waals surface area contributed by atoms with E-state index >= 15 is 4.39 Å². The molecule has 4 aromatic carbocycles. The molecule has 0 radical (unpaired) electrons. The van der Waals surface area contributed by atoms with Gasteiger partial charge in [-0.25, -0.2) is 4.39 Å². The number of benzene rings is 4. The molecule has 3 heterocycles. The number of morpholine rings is 2. The van der Waals surface area contributed by atoms with Gasteiger partial charge >= 0.3 is 0 Å². The Morgan fingerprint density at radius 2 is 1.38 bits per heavy atom. The molecule has 2 fully saturated rings. The van der Waals surface area contributed by atoms with E-state index in [0.29, 0.717) is 18.8 Å². The van der Waals surface area contributed by atoms with E-state index in [2.05, 4.69) is 76.5 Å². The van der Waals surface area contributed by atoms with Crippen molar-refractivity contribution < 1.29 is 18.6 Å². The average molecular weight is 537 g/mol. The maximum atomic E-state index is 15.0. The first-order valence-corrected chi connectivity index (χ1v) is 14.1. The molecule has 2 saturated heterocycles. The van der Waals surface area contributed by atoms with Crippen LogP contribution in [0.1, 0.15) is 22.3 Å². The molecule has 7 rings (SSSR count). The molecule has 1 atom stereocenters. The van der Waals surface area contributed by atoms with Gasteiger partial charge in [0.2, 0.25) is 0 Å². The lowest BCUT2D eigenvalue weighted by Crippen LogP contribution is -2.37. The van der Waals surface area contributed by atoms with Crippen LogP contribution >= 0.6 is 0 Å². The van der Waals surface area contributed by atoms with E-state index < -0.39 is 5.60 Å². The van der Waals surface area contributed by atoms with Crippen LogP contribution in [-0.4, -0.2) is 52.6 Å². The van der Waals surface area contributed by atoms with Gasteiger partial charge in [-0.3, -0.25) is 0 Å². The van der Waals surface area contributed by atoms with Crippen LogP contribution in [0.15, 0.2) is 78.9 Å². The zero-order valence-corrected chi connectivity index (χ0v) is 22.7. The van der Waals surface area contributed by atoms with Crippen molar-refractivity contribution in [3.63, 3.8) is 0 Å². The fraction of sp³-hybridized carbons (Fsp3) is 0.294. The maximum absolute atomic E-state index is 15.0. The first-order valence-electron chi connectivity index (χ1n) is 14.1. The fourth-order valence-electron chi connectivity index (χ4n) is 6.13. The predicted molar refractivity (Wildman–Crippen MR) is 158 cm³/mol. The Morgan fingerprint density at radius 1 is 0.725 bits per heavy atom. The first kappa shape index (κ1) is 25.1. The van der Waals surface area contributed by atoms with Crippen molar-refractivity contribution in [1.29, 1.82) is 0 Å². The highest BCUT2D eigenvalue weighted by atomic mass is 19.1. The second-order valence-corrected chi connectivity index (χ2v) is 10.7. The number of hydrogen-bond acceptors (Lipinski definition) is 5. The predicted octanol–water partition coefficient (Wildman–Crippen LogP) is 6.31. The SMILES string of the molecule is Cc1ccc(C2(c3ccc(N4CCOCC4)cc3)C=Cc3c(cc(N4CCOCC4)c4ccccc34)O2)cc1F. The number of hydrogen-bond donors (Lipinski definition) is 0. The molecule has 204 valence electrons. The molecule has 1 unspecified atom stereocenters. The molecule has 40 heavy (non-hydrogen) atoms. The fourth-order valence-corrected chi connectivity index (χ4v) is 6.13. The minimum atomic E-state index is -0.976.